The second-order valence-corrected chi connectivity index (χ2v) is 5.85. The van der Waals surface area contributed by atoms with Gasteiger partial charge in [0.1, 0.15) is 6.04 Å². The van der Waals surface area contributed by atoms with E-state index in [0.717, 1.165) is 13.1 Å². The lowest BCUT2D eigenvalue weighted by molar-refractivity contribution is -0.137. The molecule has 1 heterocycles. The van der Waals surface area contributed by atoms with Gasteiger partial charge in [-0.25, -0.2) is 0 Å². The van der Waals surface area contributed by atoms with E-state index in [9.17, 15) is 9.90 Å². The lowest BCUT2D eigenvalue weighted by Gasteiger charge is -2.39. The maximum absolute atomic E-state index is 12.1. The highest BCUT2D eigenvalue weighted by molar-refractivity contribution is 5.82. The summed E-state index contributed by atoms with van der Waals surface area (Å²) in [5.41, 5.74) is -0.0947. The number of carbonyl (C=O) groups excluding carboxylic acids is 1. The number of rotatable bonds is 1. The number of aliphatic hydroxyl groups is 1. The first-order chi connectivity index (χ1) is 7.27. The Morgan fingerprint density at radius 2 is 1.94 bits per heavy atom. The van der Waals surface area contributed by atoms with Crippen molar-refractivity contribution >= 4 is 5.91 Å². The van der Waals surface area contributed by atoms with Crippen LogP contribution in [-0.2, 0) is 4.79 Å². The van der Waals surface area contributed by atoms with E-state index in [1.54, 1.807) is 4.90 Å². The molecule has 1 N–H and O–H groups in total. The molecule has 1 rings (SSSR count). The molecule has 1 amide bonds. The van der Waals surface area contributed by atoms with Crippen molar-refractivity contribution in [1.82, 2.24) is 9.80 Å². The van der Waals surface area contributed by atoms with E-state index in [2.05, 4.69) is 32.6 Å². The van der Waals surface area contributed by atoms with E-state index in [1.807, 2.05) is 7.05 Å². The number of aliphatic hydroxyl groups excluding tert-OH is 1. The van der Waals surface area contributed by atoms with Crippen LogP contribution in [0.4, 0.5) is 0 Å². The van der Waals surface area contributed by atoms with E-state index in [0.29, 0.717) is 5.92 Å². The molecule has 0 spiro atoms. The second-order valence-electron chi connectivity index (χ2n) is 5.85. The van der Waals surface area contributed by atoms with Gasteiger partial charge in [0, 0.05) is 25.7 Å². The van der Waals surface area contributed by atoms with Gasteiger partial charge in [0.25, 0.3) is 0 Å². The average Bonchev–Trinajstić information content (AvgIpc) is 2.24. The molecule has 0 aliphatic carbocycles. The maximum atomic E-state index is 12.1. The van der Waals surface area contributed by atoms with E-state index in [4.69, 9.17) is 0 Å². The van der Waals surface area contributed by atoms with Crippen molar-refractivity contribution < 1.29 is 9.90 Å². The quantitative estimate of drug-likeness (QED) is 0.713. The molecule has 0 aromatic rings. The molecule has 16 heavy (non-hydrogen) atoms. The predicted octanol–water partition coefficient (Wildman–Crippen LogP) is 0.556. The van der Waals surface area contributed by atoms with Crippen LogP contribution in [0.3, 0.4) is 0 Å². The Morgan fingerprint density at radius 3 is 2.38 bits per heavy atom. The summed E-state index contributed by atoms with van der Waals surface area (Å²) in [4.78, 5) is 16.0. The molecule has 1 saturated heterocycles. The van der Waals surface area contributed by atoms with Crippen LogP contribution in [0.2, 0.25) is 0 Å². The molecule has 0 saturated carbocycles. The summed E-state index contributed by atoms with van der Waals surface area (Å²) in [5, 5.41) is 9.44. The zero-order valence-corrected chi connectivity index (χ0v) is 11.0. The molecule has 1 aliphatic heterocycles. The van der Waals surface area contributed by atoms with Gasteiger partial charge in [-0.3, -0.25) is 9.69 Å². The van der Waals surface area contributed by atoms with Gasteiger partial charge in [-0.15, -0.1) is 0 Å². The molecule has 1 aliphatic rings. The van der Waals surface area contributed by atoms with Gasteiger partial charge in [-0.1, -0.05) is 6.92 Å². The number of amides is 1. The Balaban J connectivity index is 3.00. The first-order valence-corrected chi connectivity index (χ1v) is 5.90. The van der Waals surface area contributed by atoms with Crippen LogP contribution in [-0.4, -0.2) is 59.1 Å². The number of nitrogens with zero attached hydrogens (tertiary/aromatic N) is 2. The van der Waals surface area contributed by atoms with Gasteiger partial charge in [-0.2, -0.15) is 0 Å². The highest BCUT2D eigenvalue weighted by Gasteiger charge is 2.38. The standard InChI is InChI=1S/C12H24N2O2/c1-9-6-13(5)11(16)10(8-15)14(7-9)12(2,3)4/h9-10,15H,6-8H2,1-5H3. The van der Waals surface area contributed by atoms with Crippen LogP contribution in [0, 0.1) is 5.92 Å². The molecule has 2 atom stereocenters. The van der Waals surface area contributed by atoms with Crippen LogP contribution in [0.5, 0.6) is 0 Å². The van der Waals surface area contributed by atoms with Crippen molar-refractivity contribution in [2.45, 2.75) is 39.3 Å². The molecule has 0 aromatic heterocycles. The van der Waals surface area contributed by atoms with Crippen LogP contribution >= 0.6 is 0 Å². The SMILES string of the molecule is CC1CN(C)C(=O)C(CO)N(C(C)(C)C)C1. The van der Waals surface area contributed by atoms with Crippen molar-refractivity contribution in [1.29, 1.82) is 0 Å². The molecule has 0 radical (unpaired) electrons. The largest absolute Gasteiger partial charge is 0.394 e. The number of likely N-dealkylation sites (N-methyl/N-ethyl adjacent to an activating group) is 1. The number of hydrogen-bond acceptors (Lipinski definition) is 3. The van der Waals surface area contributed by atoms with E-state index < -0.39 is 6.04 Å². The van der Waals surface area contributed by atoms with Gasteiger partial charge < -0.3 is 10.0 Å². The van der Waals surface area contributed by atoms with Crippen molar-refractivity contribution in [2.24, 2.45) is 5.92 Å². The lowest BCUT2D eigenvalue weighted by atomic mass is 10.0. The lowest BCUT2D eigenvalue weighted by Crippen LogP contribution is -2.54. The van der Waals surface area contributed by atoms with Gasteiger partial charge in [0.15, 0.2) is 0 Å². The van der Waals surface area contributed by atoms with Crippen LogP contribution < -0.4 is 0 Å². The fraction of sp³-hybridized carbons (Fsp3) is 0.917. The molecule has 4 nitrogen and oxygen atoms in total. The predicted molar refractivity (Wildman–Crippen MR) is 64.1 cm³/mol. The fourth-order valence-corrected chi connectivity index (χ4v) is 2.38. The first-order valence-electron chi connectivity index (χ1n) is 5.90. The first kappa shape index (κ1) is 13.5. The summed E-state index contributed by atoms with van der Waals surface area (Å²) < 4.78 is 0. The smallest absolute Gasteiger partial charge is 0.242 e. The van der Waals surface area contributed by atoms with Gasteiger partial charge in [0.2, 0.25) is 5.91 Å². The summed E-state index contributed by atoms with van der Waals surface area (Å²) in [6, 6.07) is -0.394. The van der Waals surface area contributed by atoms with Crippen LogP contribution in [0.25, 0.3) is 0 Å². The Labute approximate surface area is 98.2 Å². The third-order valence-electron chi connectivity index (χ3n) is 3.17. The third kappa shape index (κ3) is 2.74. The Morgan fingerprint density at radius 1 is 1.38 bits per heavy atom. The monoisotopic (exact) mass is 228 g/mol. The number of carbonyl (C=O) groups is 1. The van der Waals surface area contributed by atoms with E-state index >= 15 is 0 Å². The molecule has 0 bridgehead atoms. The molecular formula is C12H24N2O2. The second kappa shape index (κ2) is 4.72. The summed E-state index contributed by atoms with van der Waals surface area (Å²) in [5.74, 6) is 0.464. The number of hydrogen-bond donors (Lipinski definition) is 1. The zero-order chi connectivity index (χ0) is 12.5. The molecular weight excluding hydrogens is 204 g/mol. The topological polar surface area (TPSA) is 43.8 Å². The van der Waals surface area contributed by atoms with E-state index in [1.165, 1.54) is 0 Å². The Hall–Kier alpha value is -0.610. The molecule has 94 valence electrons. The fourth-order valence-electron chi connectivity index (χ4n) is 2.38. The highest BCUT2D eigenvalue weighted by Crippen LogP contribution is 2.23. The summed E-state index contributed by atoms with van der Waals surface area (Å²) in [7, 11) is 1.81. The van der Waals surface area contributed by atoms with Gasteiger partial charge in [0.05, 0.1) is 6.61 Å². The minimum absolute atomic E-state index is 0.0294. The minimum Gasteiger partial charge on any atom is -0.394 e. The molecule has 2 unspecified atom stereocenters. The normalized spacial score (nSPS) is 29.4. The highest BCUT2D eigenvalue weighted by atomic mass is 16.3. The van der Waals surface area contributed by atoms with Crippen molar-refractivity contribution in [3.05, 3.63) is 0 Å². The van der Waals surface area contributed by atoms with Gasteiger partial charge in [-0.05, 0) is 26.7 Å². The zero-order valence-electron chi connectivity index (χ0n) is 11.0. The van der Waals surface area contributed by atoms with Crippen LogP contribution in [0.1, 0.15) is 27.7 Å². The molecule has 0 aromatic carbocycles. The minimum atomic E-state index is -0.394. The summed E-state index contributed by atoms with van der Waals surface area (Å²) >= 11 is 0. The maximum Gasteiger partial charge on any atom is 0.242 e. The van der Waals surface area contributed by atoms with Crippen LogP contribution in [0.15, 0.2) is 0 Å². The van der Waals surface area contributed by atoms with E-state index in [-0.39, 0.29) is 18.1 Å². The van der Waals surface area contributed by atoms with Gasteiger partial charge >= 0.3 is 0 Å². The Kier molecular flexibility index (Phi) is 3.97. The van der Waals surface area contributed by atoms with Crippen molar-refractivity contribution in [2.75, 3.05) is 26.7 Å². The average molecular weight is 228 g/mol. The molecule has 4 heteroatoms. The molecule has 1 fully saturated rings. The van der Waals surface area contributed by atoms with Crippen molar-refractivity contribution in [3.8, 4) is 0 Å². The van der Waals surface area contributed by atoms with Crippen molar-refractivity contribution in [3.63, 3.8) is 0 Å². The summed E-state index contributed by atoms with van der Waals surface area (Å²) in [6.07, 6.45) is 0. The summed E-state index contributed by atoms with van der Waals surface area (Å²) in [6.45, 7) is 9.91. The third-order valence-corrected chi connectivity index (χ3v) is 3.17. The Bertz CT molecular complexity index is 260.